The third-order valence-corrected chi connectivity index (χ3v) is 5.96. The third kappa shape index (κ3) is 5.12. The van der Waals surface area contributed by atoms with Crippen LogP contribution in [0.15, 0.2) is 60.0 Å². The fourth-order valence-corrected chi connectivity index (χ4v) is 4.50. The van der Waals surface area contributed by atoms with Crippen molar-refractivity contribution in [1.82, 2.24) is 4.90 Å². The van der Waals surface area contributed by atoms with Crippen LogP contribution in [0.1, 0.15) is 30.0 Å². The number of nitrogens with zero attached hydrogens (tertiary/aromatic N) is 1. The highest BCUT2D eigenvalue weighted by Gasteiger charge is 2.31. The van der Waals surface area contributed by atoms with Gasteiger partial charge in [-0.15, -0.1) is 6.58 Å². The van der Waals surface area contributed by atoms with Crippen molar-refractivity contribution >= 4 is 40.3 Å². The summed E-state index contributed by atoms with van der Waals surface area (Å²) in [5, 5.41) is 0. The number of carbonyl (C=O) groups is 1. The van der Waals surface area contributed by atoms with Gasteiger partial charge in [0.1, 0.15) is 10.9 Å². The van der Waals surface area contributed by atoms with Crippen LogP contribution in [0.5, 0.6) is 11.5 Å². The van der Waals surface area contributed by atoms with Crippen LogP contribution < -0.4 is 9.47 Å². The van der Waals surface area contributed by atoms with Crippen LogP contribution in [-0.4, -0.2) is 28.8 Å². The average molecular weight is 440 g/mol. The Bertz CT molecular complexity index is 970. The molecule has 1 saturated heterocycles. The lowest BCUT2D eigenvalue weighted by Gasteiger charge is -2.16. The molecule has 0 atom stereocenters. The van der Waals surface area contributed by atoms with Gasteiger partial charge in [-0.05, 0) is 42.2 Å². The number of rotatable bonds is 9. The summed E-state index contributed by atoms with van der Waals surface area (Å²) in [5.74, 6) is 1.28. The lowest BCUT2D eigenvalue weighted by atomic mass is 10.0. The number of benzene rings is 2. The number of methoxy groups -OCH3 is 1. The average Bonchev–Trinajstić information content (AvgIpc) is 3.01. The highest BCUT2D eigenvalue weighted by Crippen LogP contribution is 2.37. The summed E-state index contributed by atoms with van der Waals surface area (Å²) in [4.78, 5) is 15.0. The number of thiocarbonyl (C=S) groups is 1. The Morgan fingerprint density at radius 3 is 2.67 bits per heavy atom. The van der Waals surface area contributed by atoms with Crippen molar-refractivity contribution < 1.29 is 14.3 Å². The van der Waals surface area contributed by atoms with Crippen LogP contribution in [0.25, 0.3) is 6.08 Å². The van der Waals surface area contributed by atoms with E-state index in [4.69, 9.17) is 21.7 Å². The van der Waals surface area contributed by atoms with Gasteiger partial charge in [-0.25, -0.2) is 0 Å². The van der Waals surface area contributed by atoms with E-state index >= 15 is 0 Å². The van der Waals surface area contributed by atoms with Gasteiger partial charge >= 0.3 is 0 Å². The number of thioether (sulfide) groups is 1. The molecule has 0 saturated carbocycles. The van der Waals surface area contributed by atoms with Crippen LogP contribution >= 0.6 is 24.0 Å². The van der Waals surface area contributed by atoms with Crippen molar-refractivity contribution in [2.75, 3.05) is 13.7 Å². The second kappa shape index (κ2) is 10.5. The lowest BCUT2D eigenvalue weighted by molar-refractivity contribution is -0.122. The maximum Gasteiger partial charge on any atom is 0.266 e. The minimum Gasteiger partial charge on any atom is -0.493 e. The Balaban J connectivity index is 1.91. The van der Waals surface area contributed by atoms with Crippen molar-refractivity contribution in [3.05, 3.63) is 76.7 Å². The van der Waals surface area contributed by atoms with E-state index in [0.29, 0.717) is 40.3 Å². The largest absolute Gasteiger partial charge is 0.493 e. The predicted molar refractivity (Wildman–Crippen MR) is 128 cm³/mol. The Hall–Kier alpha value is -2.57. The first-order valence-corrected chi connectivity index (χ1v) is 11.0. The topological polar surface area (TPSA) is 38.8 Å². The van der Waals surface area contributed by atoms with E-state index in [0.717, 1.165) is 23.1 Å². The number of allylic oxidation sites excluding steroid dienone is 1. The molecule has 3 rings (SSSR count). The summed E-state index contributed by atoms with van der Waals surface area (Å²) in [6, 6.07) is 13.9. The molecule has 0 unspecified atom stereocenters. The number of carbonyl (C=O) groups excluding carboxylic acids is 1. The van der Waals surface area contributed by atoms with Crippen LogP contribution in [-0.2, 0) is 17.8 Å². The highest BCUT2D eigenvalue weighted by atomic mass is 32.2. The molecule has 0 spiro atoms. The zero-order valence-electron chi connectivity index (χ0n) is 17.2. The van der Waals surface area contributed by atoms with E-state index in [-0.39, 0.29) is 5.91 Å². The SMILES string of the molecule is C=CCc1cc(/C=C2/SC(=S)N(CCC)C2=O)cc(OC)c1OCc1ccccc1. The van der Waals surface area contributed by atoms with Crippen LogP contribution in [0, 0.1) is 0 Å². The Labute approximate surface area is 187 Å². The molecule has 4 nitrogen and oxygen atoms in total. The zero-order chi connectivity index (χ0) is 21.5. The van der Waals surface area contributed by atoms with Gasteiger partial charge < -0.3 is 9.47 Å². The normalized spacial score (nSPS) is 15.0. The van der Waals surface area contributed by atoms with Crippen molar-refractivity contribution in [3.63, 3.8) is 0 Å². The molecule has 1 aliphatic rings. The maximum atomic E-state index is 12.7. The van der Waals surface area contributed by atoms with E-state index in [1.165, 1.54) is 11.8 Å². The first-order valence-electron chi connectivity index (χ1n) is 9.81. The van der Waals surface area contributed by atoms with Gasteiger partial charge in [0.05, 0.1) is 12.0 Å². The van der Waals surface area contributed by atoms with E-state index in [9.17, 15) is 4.79 Å². The third-order valence-electron chi connectivity index (χ3n) is 4.58. The van der Waals surface area contributed by atoms with Gasteiger partial charge in [0, 0.05) is 12.1 Å². The molecule has 6 heteroatoms. The molecule has 0 N–H and O–H groups in total. The molecule has 1 amide bonds. The van der Waals surface area contributed by atoms with E-state index < -0.39 is 0 Å². The summed E-state index contributed by atoms with van der Waals surface area (Å²) < 4.78 is 12.3. The van der Waals surface area contributed by atoms with Crippen molar-refractivity contribution in [1.29, 1.82) is 0 Å². The van der Waals surface area contributed by atoms with Gasteiger partial charge in [-0.2, -0.15) is 0 Å². The summed E-state index contributed by atoms with van der Waals surface area (Å²) in [6.07, 6.45) is 5.18. The van der Waals surface area contributed by atoms with Crippen LogP contribution in [0.2, 0.25) is 0 Å². The van der Waals surface area contributed by atoms with Gasteiger partial charge in [-0.3, -0.25) is 9.69 Å². The molecule has 2 aromatic carbocycles. The first-order chi connectivity index (χ1) is 14.6. The molecule has 30 heavy (non-hydrogen) atoms. The molecule has 1 fully saturated rings. The smallest absolute Gasteiger partial charge is 0.266 e. The van der Waals surface area contributed by atoms with E-state index in [1.807, 2.05) is 61.5 Å². The van der Waals surface area contributed by atoms with Crippen molar-refractivity contribution in [3.8, 4) is 11.5 Å². The molecule has 1 aliphatic heterocycles. The molecule has 0 radical (unpaired) electrons. The number of amides is 1. The van der Waals surface area contributed by atoms with Gasteiger partial charge in [0.15, 0.2) is 11.5 Å². The Kier molecular flexibility index (Phi) is 7.71. The fourth-order valence-electron chi connectivity index (χ4n) is 3.19. The Morgan fingerprint density at radius 2 is 2.00 bits per heavy atom. The van der Waals surface area contributed by atoms with Gasteiger partial charge in [0.2, 0.25) is 0 Å². The number of hydrogen-bond acceptors (Lipinski definition) is 5. The molecular weight excluding hydrogens is 414 g/mol. The number of ether oxygens (including phenoxy) is 2. The van der Waals surface area contributed by atoms with E-state index in [2.05, 4.69) is 6.58 Å². The predicted octanol–water partition coefficient (Wildman–Crippen LogP) is 5.61. The Morgan fingerprint density at radius 1 is 1.23 bits per heavy atom. The monoisotopic (exact) mass is 439 g/mol. The summed E-state index contributed by atoms with van der Waals surface area (Å²) in [6.45, 7) is 6.97. The van der Waals surface area contributed by atoms with Gasteiger partial charge in [0.25, 0.3) is 5.91 Å². The highest BCUT2D eigenvalue weighted by molar-refractivity contribution is 8.26. The molecule has 0 aromatic heterocycles. The first kappa shape index (κ1) is 22.1. The molecule has 0 aliphatic carbocycles. The van der Waals surface area contributed by atoms with Crippen molar-refractivity contribution in [2.45, 2.75) is 26.4 Å². The quantitative estimate of drug-likeness (QED) is 0.288. The summed E-state index contributed by atoms with van der Waals surface area (Å²) in [5.41, 5.74) is 2.90. The molecule has 2 aromatic rings. The summed E-state index contributed by atoms with van der Waals surface area (Å²) >= 11 is 6.70. The molecule has 156 valence electrons. The zero-order valence-corrected chi connectivity index (χ0v) is 18.9. The van der Waals surface area contributed by atoms with Gasteiger partial charge in [-0.1, -0.05) is 67.3 Å². The standard InChI is InChI=1S/C24H25NO3S2/c1-4-9-19-13-18(15-21-23(26)25(12-5-2)24(29)30-21)14-20(27-3)22(19)28-16-17-10-7-6-8-11-17/h4,6-8,10-11,13-15H,1,5,9,12,16H2,2-3H3/b21-15+. The summed E-state index contributed by atoms with van der Waals surface area (Å²) in [7, 11) is 1.62. The maximum absolute atomic E-state index is 12.7. The van der Waals surface area contributed by atoms with Crippen LogP contribution in [0.3, 0.4) is 0 Å². The molecule has 1 heterocycles. The number of hydrogen-bond donors (Lipinski definition) is 0. The minimum absolute atomic E-state index is 0.0412. The second-order valence-corrected chi connectivity index (χ2v) is 8.49. The minimum atomic E-state index is -0.0412. The molecule has 0 bridgehead atoms. The second-order valence-electron chi connectivity index (χ2n) is 6.81. The van der Waals surface area contributed by atoms with Crippen molar-refractivity contribution in [2.24, 2.45) is 0 Å². The lowest BCUT2D eigenvalue weighted by Crippen LogP contribution is -2.28. The fraction of sp³-hybridized carbons (Fsp3) is 0.250. The molecular formula is C24H25NO3S2. The van der Waals surface area contributed by atoms with E-state index in [1.54, 1.807) is 12.0 Å². The van der Waals surface area contributed by atoms with Crippen LogP contribution in [0.4, 0.5) is 0 Å².